The van der Waals surface area contributed by atoms with Gasteiger partial charge < -0.3 is 5.32 Å². The minimum absolute atomic E-state index is 0.168. The lowest BCUT2D eigenvalue weighted by Gasteiger charge is -2.07. The molecule has 0 saturated carbocycles. The second-order valence-electron chi connectivity index (χ2n) is 5.00. The van der Waals surface area contributed by atoms with Crippen LogP contribution in [0.2, 0.25) is 0 Å². The first-order chi connectivity index (χ1) is 10.1. The Bertz CT molecular complexity index is 842. The predicted molar refractivity (Wildman–Crippen MR) is 83.4 cm³/mol. The van der Waals surface area contributed by atoms with Gasteiger partial charge in [-0.15, -0.1) is 0 Å². The van der Waals surface area contributed by atoms with Crippen molar-refractivity contribution in [3.63, 3.8) is 0 Å². The fourth-order valence-corrected chi connectivity index (χ4v) is 3.16. The molecule has 0 aromatic heterocycles. The van der Waals surface area contributed by atoms with Gasteiger partial charge in [0.05, 0.1) is 5.69 Å². The number of hydrogen-bond acceptors (Lipinski definition) is 3. The van der Waals surface area contributed by atoms with Crippen molar-refractivity contribution in [1.29, 1.82) is 0 Å². The van der Waals surface area contributed by atoms with Crippen molar-refractivity contribution in [2.24, 2.45) is 4.99 Å². The molecular formula is C16H9BrN2O2. The van der Waals surface area contributed by atoms with E-state index in [0.29, 0.717) is 17.0 Å². The van der Waals surface area contributed by atoms with E-state index in [4.69, 9.17) is 0 Å². The van der Waals surface area contributed by atoms with Crippen LogP contribution in [0.4, 0.5) is 11.4 Å². The molecule has 0 fully saturated rings. The summed E-state index contributed by atoms with van der Waals surface area (Å²) in [6.45, 7) is 0. The molecule has 4 rings (SSSR count). The Morgan fingerprint density at radius 2 is 1.90 bits per heavy atom. The van der Waals surface area contributed by atoms with Crippen molar-refractivity contribution in [2.75, 3.05) is 5.32 Å². The summed E-state index contributed by atoms with van der Waals surface area (Å²) in [7, 11) is 0. The van der Waals surface area contributed by atoms with Gasteiger partial charge in [-0.2, -0.15) is 0 Å². The number of Topliss-reactive ketones (excluding diaryl/α,β-unsaturated/α-hetero) is 1. The number of halogens is 1. The maximum Gasteiger partial charge on any atom is 0.238 e. The lowest BCUT2D eigenvalue weighted by atomic mass is 9.92. The average Bonchev–Trinajstić information content (AvgIpc) is 2.96. The minimum atomic E-state index is -0.641. The molecule has 2 aromatic rings. The molecule has 1 unspecified atom stereocenters. The maximum absolute atomic E-state index is 12.5. The van der Waals surface area contributed by atoms with Gasteiger partial charge in [0, 0.05) is 15.7 Å². The molecular weight excluding hydrogens is 332 g/mol. The first-order valence-electron chi connectivity index (χ1n) is 6.48. The molecule has 21 heavy (non-hydrogen) atoms. The van der Waals surface area contributed by atoms with E-state index < -0.39 is 5.92 Å². The molecule has 102 valence electrons. The molecule has 0 aliphatic carbocycles. The van der Waals surface area contributed by atoms with Gasteiger partial charge in [-0.3, -0.25) is 9.59 Å². The smallest absolute Gasteiger partial charge is 0.238 e. The van der Waals surface area contributed by atoms with E-state index in [9.17, 15) is 9.59 Å². The molecule has 2 heterocycles. The first kappa shape index (κ1) is 12.5. The second kappa shape index (κ2) is 4.36. The van der Waals surface area contributed by atoms with Crippen LogP contribution in [-0.4, -0.2) is 17.4 Å². The van der Waals surface area contributed by atoms with E-state index in [0.717, 1.165) is 15.7 Å². The Kier molecular flexibility index (Phi) is 2.59. The van der Waals surface area contributed by atoms with Gasteiger partial charge in [-0.05, 0) is 35.9 Å². The first-order valence-corrected chi connectivity index (χ1v) is 7.27. The Hall–Kier alpha value is -2.27. The van der Waals surface area contributed by atoms with Crippen molar-refractivity contribution < 1.29 is 9.59 Å². The Balaban J connectivity index is 1.85. The number of aliphatic imine (C=N–C) groups is 1. The van der Waals surface area contributed by atoms with Crippen molar-refractivity contribution in [1.82, 2.24) is 0 Å². The number of hydrogen-bond donors (Lipinski definition) is 1. The molecule has 2 aromatic carbocycles. The van der Waals surface area contributed by atoms with Gasteiger partial charge in [0.25, 0.3) is 0 Å². The number of rotatable bonds is 1. The third kappa shape index (κ3) is 1.77. The van der Waals surface area contributed by atoms with Gasteiger partial charge in [0.1, 0.15) is 11.6 Å². The molecule has 1 amide bonds. The topological polar surface area (TPSA) is 58.5 Å². The average molecular weight is 341 g/mol. The molecule has 4 nitrogen and oxygen atoms in total. The number of nitrogens with zero attached hydrogens (tertiary/aromatic N) is 1. The molecule has 1 N–H and O–H groups in total. The van der Waals surface area contributed by atoms with Crippen LogP contribution in [0.25, 0.3) is 0 Å². The summed E-state index contributed by atoms with van der Waals surface area (Å²) in [5.41, 5.74) is 3.01. The van der Waals surface area contributed by atoms with E-state index in [2.05, 4.69) is 26.2 Å². The lowest BCUT2D eigenvalue weighted by molar-refractivity contribution is -0.115. The van der Waals surface area contributed by atoms with Crippen LogP contribution in [0.1, 0.15) is 21.8 Å². The van der Waals surface area contributed by atoms with Gasteiger partial charge in [0.2, 0.25) is 11.7 Å². The highest BCUT2D eigenvalue weighted by Crippen LogP contribution is 2.39. The largest absolute Gasteiger partial charge is 0.325 e. The third-order valence-corrected chi connectivity index (χ3v) is 4.23. The summed E-state index contributed by atoms with van der Waals surface area (Å²) >= 11 is 3.40. The zero-order valence-electron chi connectivity index (χ0n) is 10.8. The fraction of sp³-hybridized carbons (Fsp3) is 0.0625. The van der Waals surface area contributed by atoms with Crippen LogP contribution >= 0.6 is 15.9 Å². The van der Waals surface area contributed by atoms with Gasteiger partial charge in [0.15, 0.2) is 0 Å². The summed E-state index contributed by atoms with van der Waals surface area (Å²) in [6, 6.07) is 12.7. The van der Waals surface area contributed by atoms with Gasteiger partial charge >= 0.3 is 0 Å². The zero-order chi connectivity index (χ0) is 14.6. The number of benzene rings is 2. The van der Waals surface area contributed by atoms with Crippen LogP contribution in [-0.2, 0) is 4.79 Å². The molecule has 1 atom stereocenters. The summed E-state index contributed by atoms with van der Waals surface area (Å²) in [4.78, 5) is 29.2. The Morgan fingerprint density at radius 1 is 1.10 bits per heavy atom. The predicted octanol–water partition coefficient (Wildman–Crippen LogP) is 3.45. The molecule has 0 bridgehead atoms. The van der Waals surface area contributed by atoms with E-state index >= 15 is 0 Å². The summed E-state index contributed by atoms with van der Waals surface area (Å²) in [5.74, 6) is -1.01. The van der Waals surface area contributed by atoms with Crippen molar-refractivity contribution in [3.05, 3.63) is 58.1 Å². The van der Waals surface area contributed by atoms with Crippen LogP contribution < -0.4 is 5.32 Å². The highest BCUT2D eigenvalue weighted by Gasteiger charge is 2.40. The van der Waals surface area contributed by atoms with Gasteiger partial charge in [-0.25, -0.2) is 4.99 Å². The highest BCUT2D eigenvalue weighted by atomic mass is 79.9. The molecule has 0 spiro atoms. The number of anilines is 1. The van der Waals surface area contributed by atoms with Crippen molar-refractivity contribution >= 4 is 44.7 Å². The van der Waals surface area contributed by atoms with Crippen LogP contribution in [0.15, 0.2) is 51.9 Å². The van der Waals surface area contributed by atoms with Crippen LogP contribution in [0.5, 0.6) is 0 Å². The van der Waals surface area contributed by atoms with Gasteiger partial charge in [-0.1, -0.05) is 28.1 Å². The summed E-state index contributed by atoms with van der Waals surface area (Å²) in [6.07, 6.45) is 0. The number of carbonyl (C=O) groups excluding carboxylic acids is 2. The van der Waals surface area contributed by atoms with Crippen LogP contribution in [0.3, 0.4) is 0 Å². The van der Waals surface area contributed by atoms with E-state index in [1.54, 1.807) is 18.2 Å². The number of ketones is 1. The molecule has 0 saturated heterocycles. The third-order valence-electron chi connectivity index (χ3n) is 3.74. The van der Waals surface area contributed by atoms with E-state index in [1.807, 2.05) is 24.3 Å². The monoisotopic (exact) mass is 340 g/mol. The summed E-state index contributed by atoms with van der Waals surface area (Å²) in [5, 5.41) is 2.81. The van der Waals surface area contributed by atoms with Crippen molar-refractivity contribution in [2.45, 2.75) is 5.92 Å². The van der Waals surface area contributed by atoms with E-state index in [1.165, 1.54) is 0 Å². The van der Waals surface area contributed by atoms with E-state index in [-0.39, 0.29) is 11.7 Å². The SMILES string of the molecule is O=C1C(C2C(=O)Nc3ccc(Br)cc32)=Nc2ccccc21. The maximum atomic E-state index is 12.5. The molecule has 0 radical (unpaired) electrons. The lowest BCUT2D eigenvalue weighted by Crippen LogP contribution is -2.25. The number of carbonyl (C=O) groups is 2. The standard InChI is InChI=1S/C16H9BrN2O2/c17-8-5-6-12-10(7-8)13(16(21)19-12)14-15(20)9-3-1-2-4-11(9)18-14/h1-7,13H,(H,19,21). The normalized spacial score (nSPS) is 19.1. The summed E-state index contributed by atoms with van der Waals surface area (Å²) < 4.78 is 0.867. The number of amides is 1. The molecule has 2 aliphatic rings. The quantitative estimate of drug-likeness (QED) is 0.864. The number of nitrogens with one attached hydrogen (secondary N) is 1. The minimum Gasteiger partial charge on any atom is -0.325 e. The number of fused-ring (bicyclic) bond motifs is 2. The Labute approximate surface area is 129 Å². The zero-order valence-corrected chi connectivity index (χ0v) is 12.3. The number of para-hydroxylation sites is 1. The molecule has 5 heteroatoms. The highest BCUT2D eigenvalue weighted by molar-refractivity contribution is 9.10. The van der Waals surface area contributed by atoms with Crippen LogP contribution in [0, 0.1) is 0 Å². The van der Waals surface area contributed by atoms with Crippen molar-refractivity contribution in [3.8, 4) is 0 Å². The Morgan fingerprint density at radius 3 is 2.71 bits per heavy atom. The second-order valence-corrected chi connectivity index (χ2v) is 5.91. The fourth-order valence-electron chi connectivity index (χ4n) is 2.78. The molecule has 2 aliphatic heterocycles.